The van der Waals surface area contributed by atoms with Gasteiger partial charge in [0.1, 0.15) is 11.9 Å². The molecule has 358 valence electrons. The second kappa shape index (κ2) is 24.8. The maximum atomic E-state index is 13.1. The number of aliphatic hydroxyl groups is 5. The number of quaternary nitrogens is 1. The van der Waals surface area contributed by atoms with Crippen LogP contribution in [0, 0.1) is 15.8 Å². The second-order valence-electron chi connectivity index (χ2n) is 13.5. The van der Waals surface area contributed by atoms with Crippen molar-refractivity contribution >= 4 is 41.9 Å². The standard InChI is InChI=1S/C18H21N4O7.C11H12O5.C6H9N5O.2C2H6.CH3F.O2/c1-21-3-2-12-15(26)14-16(19-17(12)21)20-18(22(14,27)29-28-18)11-4-9(6-23)13(8-25)10(5-11)7-24;1-16-11-3-7(10(15)6-14)2-8(4-12)9(11)5-13;1-11-2-8-3-4(11)9-6(7)10-5(3)12;4*1-2/h2-5,12,14,17,23-25,27H,6-8H2,1H3,(H,19,20);2-3,6,12-13H,4-5H2,1H3;2-4H,1H3,(H3,7,9,10,12);2*1-2H3;1H3;/q+1;;;;;;/i;;;;;1D;. The molecule has 7 unspecified atom stereocenters. The number of guanidine groups is 1. The number of ether oxygens (including phenoxy) is 1. The van der Waals surface area contributed by atoms with E-state index < -0.39 is 61.0 Å². The third kappa shape index (κ3) is 10.5. The minimum atomic E-state index is -1.69. The first kappa shape index (κ1) is 53.2. The topological polar surface area (TPSA) is 345 Å². The average molecular weight is 924 g/mol. The molecule has 6 heterocycles. The Morgan fingerprint density at radius 3 is 2.02 bits per heavy atom. The first-order chi connectivity index (χ1) is 31.7. The van der Waals surface area contributed by atoms with Gasteiger partial charge < -0.3 is 45.8 Å². The molecule has 2 aromatic rings. The van der Waals surface area contributed by atoms with E-state index in [0.29, 0.717) is 33.4 Å². The Hall–Kier alpha value is -6.16. The number of methoxy groups -OCH3 is 1. The fourth-order valence-corrected chi connectivity index (χ4v) is 7.22. The lowest BCUT2D eigenvalue weighted by atomic mass is 9.92. The lowest BCUT2D eigenvalue weighted by Crippen LogP contribution is -2.74. The lowest BCUT2D eigenvalue weighted by Gasteiger charge is -2.44. The minimum absolute atomic E-state index is 0.133. The molecule has 7 atom stereocenters. The van der Waals surface area contributed by atoms with Crippen LogP contribution in [0.1, 0.15) is 72.8 Å². The SMILES string of the molecule is CC.CC.CN1C=CC2C(=O)C3C(=NC21)NC1(c2cc(CO)c(CO)c(CO)c2)OO[N+]31O.CN1C=NC2C(=O)NC(N)=NC21.COc1cc(C(=O)C=O)cc(CO)c1CO.O=O.[2H]CF. The van der Waals surface area contributed by atoms with Crippen LogP contribution in [0.4, 0.5) is 4.39 Å². The highest BCUT2D eigenvalue weighted by molar-refractivity contribution is 6.33. The van der Waals surface area contributed by atoms with Crippen molar-refractivity contribution in [3.63, 3.8) is 0 Å². The van der Waals surface area contributed by atoms with Crippen LogP contribution < -0.4 is 21.1 Å². The number of fused-ring (bicyclic) bond motifs is 5. The molecule has 0 aromatic heterocycles. The molecule has 0 saturated carbocycles. The highest BCUT2D eigenvalue weighted by Crippen LogP contribution is 2.52. The van der Waals surface area contributed by atoms with E-state index in [0.717, 1.165) is 0 Å². The minimum Gasteiger partial charge on any atom is -0.496 e. The summed E-state index contributed by atoms with van der Waals surface area (Å²) < 4.78 is 20.5. The summed E-state index contributed by atoms with van der Waals surface area (Å²) in [6.45, 7) is 6.17. The van der Waals surface area contributed by atoms with Gasteiger partial charge in [-0.3, -0.25) is 39.2 Å². The number of rotatable bonds is 9. The molecular weight excluding hydrogens is 865 g/mol. The molecule has 0 bridgehead atoms. The Labute approximate surface area is 374 Å². The summed E-state index contributed by atoms with van der Waals surface area (Å²) in [7, 11) is 4.00. The van der Waals surface area contributed by atoms with Crippen molar-refractivity contribution in [3.05, 3.63) is 85.4 Å². The zero-order chi connectivity index (χ0) is 50.1. The van der Waals surface area contributed by atoms with E-state index in [2.05, 4.69) is 25.6 Å². The van der Waals surface area contributed by atoms with Crippen molar-refractivity contribution in [3.8, 4) is 5.75 Å². The molecule has 1 amide bonds. The Bertz CT molecular complexity index is 2100. The zero-order valence-corrected chi connectivity index (χ0v) is 36.7. The van der Waals surface area contributed by atoms with Crippen LogP contribution in [0.2, 0.25) is 0 Å². The second-order valence-corrected chi connectivity index (χ2v) is 13.5. The third-order valence-corrected chi connectivity index (χ3v) is 10.2. The highest BCUT2D eigenvalue weighted by Gasteiger charge is 2.82. The number of benzene rings is 2. The van der Waals surface area contributed by atoms with Gasteiger partial charge in [-0.2, -0.15) is 5.21 Å². The average Bonchev–Trinajstić information content (AvgIpc) is 3.96. The first-order valence-electron chi connectivity index (χ1n) is 20.5. The molecule has 2 saturated heterocycles. The van der Waals surface area contributed by atoms with Crippen molar-refractivity contribution < 1.29 is 75.1 Å². The van der Waals surface area contributed by atoms with E-state index in [4.69, 9.17) is 41.9 Å². The van der Waals surface area contributed by atoms with Gasteiger partial charge in [0, 0.05) is 40.1 Å². The van der Waals surface area contributed by atoms with E-state index in [1.54, 1.807) is 23.5 Å². The van der Waals surface area contributed by atoms with Crippen LogP contribution in [0.15, 0.2) is 51.5 Å². The summed E-state index contributed by atoms with van der Waals surface area (Å²) in [5.74, 6) is -2.69. The van der Waals surface area contributed by atoms with Gasteiger partial charge in [0.05, 0.1) is 71.3 Å². The predicted molar refractivity (Wildman–Crippen MR) is 229 cm³/mol. The number of Topliss-reactive ketones (excluding diaryl/α,β-unsaturated/α-hetero) is 2. The number of aldehydes is 1. The molecule has 25 heteroatoms. The van der Waals surface area contributed by atoms with Crippen molar-refractivity contribution in [2.45, 2.75) is 91.0 Å². The number of carbonyl (C=O) groups is 4. The summed E-state index contributed by atoms with van der Waals surface area (Å²) in [6, 6.07) is 4.22. The molecule has 2 fully saturated rings. The number of alkyl halides is 1. The van der Waals surface area contributed by atoms with Crippen molar-refractivity contribution in [2.24, 2.45) is 26.6 Å². The smallest absolute Gasteiger partial charge is 0.410 e. The van der Waals surface area contributed by atoms with Gasteiger partial charge >= 0.3 is 5.85 Å². The van der Waals surface area contributed by atoms with Crippen LogP contribution in [0.5, 0.6) is 5.75 Å². The summed E-state index contributed by atoms with van der Waals surface area (Å²) in [4.78, 5) is 85.2. The highest BCUT2D eigenvalue weighted by atomic mass is 19.1. The molecule has 0 radical (unpaired) electrons. The van der Waals surface area contributed by atoms with Gasteiger partial charge in [-0.1, -0.05) is 38.7 Å². The van der Waals surface area contributed by atoms with Crippen LogP contribution >= 0.6 is 0 Å². The number of ketones is 2. The van der Waals surface area contributed by atoms with Crippen molar-refractivity contribution in [1.29, 1.82) is 0 Å². The third-order valence-electron chi connectivity index (χ3n) is 10.2. The van der Waals surface area contributed by atoms with Crippen LogP contribution in [0.25, 0.3) is 0 Å². The van der Waals surface area contributed by atoms with Crippen molar-refractivity contribution in [2.75, 3.05) is 28.4 Å². The zero-order valence-electron chi connectivity index (χ0n) is 37.7. The van der Waals surface area contributed by atoms with Crippen LogP contribution in [-0.2, 0) is 63.1 Å². The normalized spacial score (nSPS) is 25.5. The van der Waals surface area contributed by atoms with Gasteiger partial charge in [0.25, 0.3) is 11.9 Å². The van der Waals surface area contributed by atoms with E-state index in [9.17, 15) is 44.1 Å². The van der Waals surface area contributed by atoms with Gasteiger partial charge in [0.2, 0.25) is 11.6 Å². The Balaban J connectivity index is 0.000000342. The van der Waals surface area contributed by atoms with E-state index >= 15 is 0 Å². The Morgan fingerprint density at radius 1 is 0.954 bits per heavy atom. The molecule has 65 heavy (non-hydrogen) atoms. The van der Waals surface area contributed by atoms with E-state index in [1.807, 2.05) is 46.7 Å². The quantitative estimate of drug-likeness (QED) is 0.0507. The fraction of sp³-hybridized carbons (Fsp3) is 0.475. The monoisotopic (exact) mass is 923 g/mol. The molecule has 2 aromatic carbocycles. The molecule has 0 spiro atoms. The van der Waals surface area contributed by atoms with Gasteiger partial charge in [-0.05, 0) is 52.7 Å². The molecule has 6 aliphatic heterocycles. The number of amides is 1. The molecular formula is C40H57FN9O15+. The van der Waals surface area contributed by atoms with E-state index in [1.165, 1.54) is 31.4 Å². The summed E-state index contributed by atoms with van der Waals surface area (Å²) >= 11 is 0. The number of amidine groups is 1. The maximum Gasteiger partial charge on any atom is 0.410 e. The molecule has 6 aliphatic rings. The largest absolute Gasteiger partial charge is 0.496 e. The number of carbonyl (C=O) groups excluding carboxylic acids is 4. The van der Waals surface area contributed by atoms with Gasteiger partial charge in [-0.15, -0.1) is 0 Å². The summed E-state index contributed by atoms with van der Waals surface area (Å²) in [5, 5.41) is 63.9. The number of nitrogens with zero attached hydrogens (tertiary/aromatic N) is 6. The van der Waals surface area contributed by atoms with Crippen LogP contribution in [0.3, 0.4) is 0 Å². The number of aliphatic imine (C=N–C) groups is 3. The number of hydrogen-bond acceptors (Lipinski definition) is 22. The summed E-state index contributed by atoms with van der Waals surface area (Å²) in [6.07, 6.45) is 4.63. The number of hydroxylamine groups is 4. The predicted octanol–water partition coefficient (Wildman–Crippen LogP) is -0.423. The first-order valence-corrected chi connectivity index (χ1v) is 19.8. The lowest BCUT2D eigenvalue weighted by molar-refractivity contribution is -1.40. The fourth-order valence-electron chi connectivity index (χ4n) is 7.22. The number of hydrogen-bond donors (Lipinski definition) is 9. The number of aliphatic hydroxyl groups excluding tert-OH is 5. The van der Waals surface area contributed by atoms with Crippen LogP contribution in [-0.4, -0.2) is 140 Å². The van der Waals surface area contributed by atoms with Crippen molar-refractivity contribution in [1.82, 2.24) is 20.4 Å². The molecule has 0 aliphatic carbocycles. The maximum absolute atomic E-state index is 13.1. The van der Waals surface area contributed by atoms with Gasteiger partial charge in [0.15, 0.2) is 30.3 Å². The molecule has 24 nitrogen and oxygen atoms in total. The number of halogens is 1. The Morgan fingerprint density at radius 2 is 1.52 bits per heavy atom. The molecule has 8 rings (SSSR count). The molecule has 10 N–H and O–H groups in total. The number of nitrogens with one attached hydrogen (secondary N) is 2. The van der Waals surface area contributed by atoms with Gasteiger partial charge in [-0.25, -0.2) is 9.98 Å². The Kier molecular flexibility index (Phi) is 20.3. The number of likely N-dealkylation sites (N-methyl/N-ethyl adjacent to an activating group) is 1. The van der Waals surface area contributed by atoms with E-state index in [-0.39, 0.29) is 67.1 Å². The summed E-state index contributed by atoms with van der Waals surface area (Å²) in [5.41, 5.74) is 7.70. The number of nitrogens with two attached hydrogens (primary N) is 1.